The Balaban J connectivity index is 1.92. The molecular formula is C14H23N5O2. The maximum atomic E-state index is 12.2. The van der Waals surface area contributed by atoms with Crippen LogP contribution in [0.25, 0.3) is 0 Å². The lowest BCUT2D eigenvalue weighted by Gasteiger charge is -2.21. The summed E-state index contributed by atoms with van der Waals surface area (Å²) in [5.74, 6) is 0.620. The van der Waals surface area contributed by atoms with E-state index in [1.807, 2.05) is 20.0 Å². The van der Waals surface area contributed by atoms with E-state index in [2.05, 4.69) is 10.4 Å². The van der Waals surface area contributed by atoms with Crippen LogP contribution in [0.2, 0.25) is 0 Å². The number of hydrogen-bond donors (Lipinski definition) is 1. The van der Waals surface area contributed by atoms with Crippen molar-refractivity contribution in [2.45, 2.75) is 33.2 Å². The van der Waals surface area contributed by atoms with Gasteiger partial charge in [-0.3, -0.25) is 14.8 Å². The molecule has 0 bridgehead atoms. The van der Waals surface area contributed by atoms with E-state index in [0.717, 1.165) is 6.42 Å². The van der Waals surface area contributed by atoms with Gasteiger partial charge in [0.15, 0.2) is 5.82 Å². The largest absolute Gasteiger partial charge is 0.341 e. The average molecular weight is 293 g/mol. The molecule has 1 aromatic heterocycles. The molecule has 1 aliphatic heterocycles. The third-order valence-electron chi connectivity index (χ3n) is 3.60. The maximum Gasteiger partial charge on any atom is 0.323 e. The molecule has 2 rings (SSSR count). The van der Waals surface area contributed by atoms with Gasteiger partial charge in [-0.1, -0.05) is 0 Å². The average Bonchev–Trinajstić information content (AvgIpc) is 2.74. The van der Waals surface area contributed by atoms with Gasteiger partial charge in [-0.15, -0.1) is 0 Å². The Morgan fingerprint density at radius 3 is 2.48 bits per heavy atom. The Kier molecular flexibility index (Phi) is 4.82. The van der Waals surface area contributed by atoms with Gasteiger partial charge in [0, 0.05) is 51.4 Å². The van der Waals surface area contributed by atoms with Crippen LogP contribution in [0.3, 0.4) is 0 Å². The highest BCUT2D eigenvalue weighted by atomic mass is 16.2. The molecule has 21 heavy (non-hydrogen) atoms. The summed E-state index contributed by atoms with van der Waals surface area (Å²) in [6.07, 6.45) is 2.65. The molecule has 1 saturated heterocycles. The predicted molar refractivity (Wildman–Crippen MR) is 80.1 cm³/mol. The van der Waals surface area contributed by atoms with Crippen LogP contribution in [0, 0.1) is 0 Å². The number of nitrogens with zero attached hydrogens (tertiary/aromatic N) is 4. The smallest absolute Gasteiger partial charge is 0.323 e. The summed E-state index contributed by atoms with van der Waals surface area (Å²) in [7, 11) is 0. The van der Waals surface area contributed by atoms with Crippen LogP contribution in [-0.2, 0) is 4.79 Å². The quantitative estimate of drug-likeness (QED) is 0.899. The van der Waals surface area contributed by atoms with Gasteiger partial charge in [-0.05, 0) is 20.3 Å². The van der Waals surface area contributed by atoms with Crippen molar-refractivity contribution in [2.24, 2.45) is 0 Å². The van der Waals surface area contributed by atoms with E-state index in [1.54, 1.807) is 27.5 Å². The van der Waals surface area contributed by atoms with Crippen molar-refractivity contribution in [2.75, 3.05) is 31.5 Å². The van der Waals surface area contributed by atoms with Gasteiger partial charge in [-0.25, -0.2) is 4.79 Å². The summed E-state index contributed by atoms with van der Waals surface area (Å²) in [4.78, 5) is 27.1. The molecule has 7 heteroatoms. The first kappa shape index (κ1) is 15.3. The molecule has 0 aliphatic carbocycles. The fraction of sp³-hybridized carbons (Fsp3) is 0.643. The lowest BCUT2D eigenvalue weighted by Crippen LogP contribution is -2.38. The van der Waals surface area contributed by atoms with Crippen molar-refractivity contribution in [1.29, 1.82) is 0 Å². The number of carbonyl (C=O) groups excluding carboxylic acids is 2. The molecule has 116 valence electrons. The van der Waals surface area contributed by atoms with Crippen molar-refractivity contribution in [1.82, 2.24) is 19.6 Å². The first-order chi connectivity index (χ1) is 9.97. The molecule has 1 N–H and O–H groups in total. The minimum absolute atomic E-state index is 0.0629. The van der Waals surface area contributed by atoms with Crippen molar-refractivity contribution in [3.63, 3.8) is 0 Å². The predicted octanol–water partition coefficient (Wildman–Crippen LogP) is 1.55. The van der Waals surface area contributed by atoms with E-state index in [0.29, 0.717) is 32.0 Å². The molecule has 7 nitrogen and oxygen atoms in total. The summed E-state index contributed by atoms with van der Waals surface area (Å²) >= 11 is 0. The zero-order valence-corrected chi connectivity index (χ0v) is 12.9. The highest BCUT2D eigenvalue weighted by molar-refractivity contribution is 5.88. The topological polar surface area (TPSA) is 70.5 Å². The van der Waals surface area contributed by atoms with E-state index in [1.165, 1.54) is 0 Å². The van der Waals surface area contributed by atoms with E-state index >= 15 is 0 Å². The van der Waals surface area contributed by atoms with E-state index in [4.69, 9.17) is 0 Å². The maximum absolute atomic E-state index is 12.2. The van der Waals surface area contributed by atoms with Gasteiger partial charge < -0.3 is 9.80 Å². The molecule has 3 amide bonds. The fourth-order valence-corrected chi connectivity index (χ4v) is 2.32. The Bertz CT molecular complexity index is 511. The number of carbonyl (C=O) groups is 2. The summed E-state index contributed by atoms with van der Waals surface area (Å²) in [6, 6.07) is 1.89. The second-order valence-electron chi connectivity index (χ2n) is 5.55. The fourth-order valence-electron chi connectivity index (χ4n) is 2.32. The number of nitrogens with one attached hydrogen (secondary N) is 1. The molecule has 1 fully saturated rings. The van der Waals surface area contributed by atoms with Gasteiger partial charge in [0.2, 0.25) is 5.91 Å². The normalized spacial score (nSPS) is 16.0. The lowest BCUT2D eigenvalue weighted by molar-refractivity contribution is -0.128. The highest BCUT2D eigenvalue weighted by Gasteiger charge is 2.20. The third kappa shape index (κ3) is 3.96. The first-order valence-corrected chi connectivity index (χ1v) is 7.34. The summed E-state index contributed by atoms with van der Waals surface area (Å²) < 4.78 is 1.80. The van der Waals surface area contributed by atoms with Gasteiger partial charge in [0.25, 0.3) is 0 Å². The molecule has 2 heterocycles. The number of urea groups is 1. The van der Waals surface area contributed by atoms with Gasteiger partial charge in [0.1, 0.15) is 0 Å². The van der Waals surface area contributed by atoms with Crippen molar-refractivity contribution < 1.29 is 9.59 Å². The van der Waals surface area contributed by atoms with Gasteiger partial charge in [0.05, 0.1) is 0 Å². The number of amides is 3. The minimum Gasteiger partial charge on any atom is -0.341 e. The van der Waals surface area contributed by atoms with Crippen molar-refractivity contribution >= 4 is 17.8 Å². The third-order valence-corrected chi connectivity index (χ3v) is 3.60. The summed E-state index contributed by atoms with van der Waals surface area (Å²) in [5, 5.41) is 7.12. The zero-order valence-electron chi connectivity index (χ0n) is 12.9. The number of anilines is 1. The van der Waals surface area contributed by atoms with E-state index < -0.39 is 0 Å². The van der Waals surface area contributed by atoms with Crippen LogP contribution in [0.15, 0.2) is 12.3 Å². The Morgan fingerprint density at radius 1 is 1.19 bits per heavy atom. The Labute approximate surface area is 124 Å². The van der Waals surface area contributed by atoms with Crippen LogP contribution in [0.5, 0.6) is 0 Å². The van der Waals surface area contributed by atoms with Crippen LogP contribution < -0.4 is 5.32 Å². The molecule has 0 aromatic carbocycles. The van der Waals surface area contributed by atoms with Crippen molar-refractivity contribution in [3.05, 3.63) is 12.3 Å². The minimum atomic E-state index is -0.158. The Hall–Kier alpha value is -2.05. The first-order valence-electron chi connectivity index (χ1n) is 7.34. The van der Waals surface area contributed by atoms with Crippen LogP contribution in [0.1, 0.15) is 33.2 Å². The molecule has 0 radical (unpaired) electrons. The molecular weight excluding hydrogens is 270 g/mol. The van der Waals surface area contributed by atoms with Crippen LogP contribution >= 0.6 is 0 Å². The SMILES string of the molecule is CC(=O)N1CCCN(C(=O)Nc2ccn(C(C)C)n2)CC1. The number of aromatic nitrogens is 2. The number of hydrogen-bond acceptors (Lipinski definition) is 3. The standard InChI is InChI=1S/C14H23N5O2/c1-11(2)19-8-5-13(16-19)15-14(21)18-7-4-6-17(9-10-18)12(3)20/h5,8,11H,4,6-7,9-10H2,1-3H3,(H,15,16,21). The second-order valence-corrected chi connectivity index (χ2v) is 5.55. The zero-order chi connectivity index (χ0) is 15.4. The van der Waals surface area contributed by atoms with Crippen LogP contribution in [-0.4, -0.2) is 57.7 Å². The lowest BCUT2D eigenvalue weighted by atomic mass is 10.4. The van der Waals surface area contributed by atoms with E-state index in [9.17, 15) is 9.59 Å². The molecule has 0 saturated carbocycles. The molecule has 1 aliphatic rings. The van der Waals surface area contributed by atoms with Crippen LogP contribution in [0.4, 0.5) is 10.6 Å². The molecule has 0 atom stereocenters. The molecule has 0 unspecified atom stereocenters. The summed E-state index contributed by atoms with van der Waals surface area (Å²) in [5.41, 5.74) is 0. The highest BCUT2D eigenvalue weighted by Crippen LogP contribution is 2.10. The van der Waals surface area contributed by atoms with Crippen molar-refractivity contribution in [3.8, 4) is 0 Å². The monoisotopic (exact) mass is 293 g/mol. The molecule has 1 aromatic rings. The summed E-state index contributed by atoms with van der Waals surface area (Å²) in [6.45, 7) is 8.13. The number of rotatable bonds is 2. The molecule has 0 spiro atoms. The van der Waals surface area contributed by atoms with Gasteiger partial charge in [-0.2, -0.15) is 5.10 Å². The second kappa shape index (κ2) is 6.60. The van der Waals surface area contributed by atoms with E-state index in [-0.39, 0.29) is 18.0 Å². The Morgan fingerprint density at radius 2 is 1.86 bits per heavy atom. The van der Waals surface area contributed by atoms with Gasteiger partial charge >= 0.3 is 6.03 Å².